The van der Waals surface area contributed by atoms with Gasteiger partial charge >= 0.3 is 0 Å². The van der Waals surface area contributed by atoms with Crippen molar-refractivity contribution in [1.82, 2.24) is 5.32 Å². The lowest BCUT2D eigenvalue weighted by Crippen LogP contribution is -2.34. The van der Waals surface area contributed by atoms with Crippen LogP contribution in [0.1, 0.15) is 30.6 Å². The van der Waals surface area contributed by atoms with Crippen molar-refractivity contribution in [3.05, 3.63) is 33.4 Å². The van der Waals surface area contributed by atoms with Crippen LogP contribution in [0.5, 0.6) is 0 Å². The average molecular weight is 366 g/mol. The minimum Gasteiger partial charge on any atom is -0.352 e. The minimum absolute atomic E-state index is 0.0240. The lowest BCUT2D eigenvalue weighted by Gasteiger charge is -2.23. The first-order valence-electron chi connectivity index (χ1n) is 5.54. The summed E-state index contributed by atoms with van der Waals surface area (Å²) >= 11 is 7.94. The number of benzene rings is 1. The Labute approximate surface area is 121 Å². The molecule has 0 aliphatic rings. The predicted octanol–water partition coefficient (Wildman–Crippen LogP) is 3.68. The van der Waals surface area contributed by atoms with Gasteiger partial charge in [-0.05, 0) is 58.7 Å². The zero-order valence-corrected chi connectivity index (χ0v) is 13.0. The molecule has 0 heterocycles. The van der Waals surface area contributed by atoms with E-state index in [-0.39, 0.29) is 11.3 Å². The molecule has 0 atom stereocenters. The summed E-state index contributed by atoms with van der Waals surface area (Å²) in [7, 11) is 0. The fourth-order valence-electron chi connectivity index (χ4n) is 1.37. The van der Waals surface area contributed by atoms with Crippen molar-refractivity contribution < 1.29 is 4.79 Å². The van der Waals surface area contributed by atoms with E-state index >= 15 is 0 Å². The van der Waals surface area contributed by atoms with Gasteiger partial charge in [-0.1, -0.05) is 13.8 Å². The lowest BCUT2D eigenvalue weighted by molar-refractivity contribution is 0.0936. The van der Waals surface area contributed by atoms with Crippen molar-refractivity contribution in [2.45, 2.75) is 20.3 Å². The van der Waals surface area contributed by atoms with E-state index in [4.69, 9.17) is 11.6 Å². The predicted molar refractivity (Wildman–Crippen MR) is 80.6 cm³/mol. The maximum Gasteiger partial charge on any atom is 0.251 e. The molecule has 1 amide bonds. The van der Waals surface area contributed by atoms with E-state index in [1.807, 2.05) is 24.3 Å². The second-order valence-corrected chi connectivity index (χ2v) is 6.42. The molecule has 1 aromatic carbocycles. The molecule has 2 nitrogen and oxygen atoms in total. The summed E-state index contributed by atoms with van der Waals surface area (Å²) in [5.74, 6) is 0.593. The Balaban J connectivity index is 2.53. The summed E-state index contributed by atoms with van der Waals surface area (Å²) in [6.07, 6.45) is 0.890. The third-order valence-electron chi connectivity index (χ3n) is 2.61. The first kappa shape index (κ1) is 14.8. The van der Waals surface area contributed by atoms with Crippen molar-refractivity contribution in [1.29, 1.82) is 0 Å². The molecule has 1 N–H and O–H groups in total. The number of nitrogens with one attached hydrogen (secondary N) is 1. The maximum absolute atomic E-state index is 11.9. The van der Waals surface area contributed by atoms with Crippen LogP contribution in [0.2, 0.25) is 0 Å². The Kier molecular flexibility index (Phi) is 5.73. The molecule has 0 aliphatic carbocycles. The Morgan fingerprint density at radius 1 is 1.35 bits per heavy atom. The number of alkyl halides is 1. The van der Waals surface area contributed by atoms with Gasteiger partial charge in [0.05, 0.1) is 0 Å². The van der Waals surface area contributed by atoms with Crippen LogP contribution in [0.15, 0.2) is 24.3 Å². The third-order valence-corrected chi connectivity index (χ3v) is 3.51. The summed E-state index contributed by atoms with van der Waals surface area (Å²) in [6, 6.07) is 7.54. The van der Waals surface area contributed by atoms with E-state index in [0.717, 1.165) is 9.99 Å². The fraction of sp³-hybridized carbons (Fsp3) is 0.462. The van der Waals surface area contributed by atoms with Crippen LogP contribution in [0.25, 0.3) is 0 Å². The number of halogens is 2. The van der Waals surface area contributed by atoms with Gasteiger partial charge in [0, 0.05) is 21.6 Å². The average Bonchev–Trinajstić information content (AvgIpc) is 2.27. The van der Waals surface area contributed by atoms with Crippen molar-refractivity contribution in [3.8, 4) is 0 Å². The number of carbonyl (C=O) groups is 1. The molecule has 1 aromatic rings. The SMILES string of the molecule is CC(C)(CCCl)CNC(=O)c1ccc(I)cc1. The normalized spacial score (nSPS) is 11.3. The molecule has 17 heavy (non-hydrogen) atoms. The molecule has 0 saturated heterocycles. The van der Waals surface area contributed by atoms with E-state index < -0.39 is 0 Å². The van der Waals surface area contributed by atoms with Crippen LogP contribution in [0.3, 0.4) is 0 Å². The highest BCUT2D eigenvalue weighted by Crippen LogP contribution is 2.19. The van der Waals surface area contributed by atoms with E-state index in [2.05, 4.69) is 41.8 Å². The Bertz CT molecular complexity index is 376. The van der Waals surface area contributed by atoms with Crippen LogP contribution in [0.4, 0.5) is 0 Å². The molecule has 1 rings (SSSR count). The summed E-state index contributed by atoms with van der Waals surface area (Å²) < 4.78 is 1.13. The van der Waals surface area contributed by atoms with Crippen LogP contribution < -0.4 is 5.32 Å². The molecule has 0 aliphatic heterocycles. The van der Waals surface area contributed by atoms with Gasteiger partial charge in [0.2, 0.25) is 0 Å². The second kappa shape index (κ2) is 6.59. The molecule has 0 radical (unpaired) electrons. The van der Waals surface area contributed by atoms with Gasteiger partial charge in [-0.3, -0.25) is 4.79 Å². The van der Waals surface area contributed by atoms with Crippen LogP contribution in [-0.2, 0) is 0 Å². The van der Waals surface area contributed by atoms with Crippen LogP contribution >= 0.6 is 34.2 Å². The molecule has 0 bridgehead atoms. The highest BCUT2D eigenvalue weighted by atomic mass is 127. The molecule has 0 aromatic heterocycles. The van der Waals surface area contributed by atoms with Gasteiger partial charge < -0.3 is 5.32 Å². The first-order chi connectivity index (χ1) is 7.94. The highest BCUT2D eigenvalue weighted by molar-refractivity contribution is 14.1. The standard InChI is InChI=1S/C13H17ClINO/c1-13(2,7-8-14)9-16-12(17)10-3-5-11(15)6-4-10/h3-6H,7-9H2,1-2H3,(H,16,17). The maximum atomic E-state index is 11.9. The van der Waals surface area contributed by atoms with Crippen LogP contribution in [-0.4, -0.2) is 18.3 Å². The lowest BCUT2D eigenvalue weighted by atomic mass is 9.90. The number of hydrogen-bond donors (Lipinski definition) is 1. The smallest absolute Gasteiger partial charge is 0.251 e. The molecule has 0 spiro atoms. The summed E-state index contributed by atoms with van der Waals surface area (Å²) in [4.78, 5) is 11.9. The number of amides is 1. The van der Waals surface area contributed by atoms with E-state index in [1.165, 1.54) is 0 Å². The molecule has 0 unspecified atom stereocenters. The molecule has 94 valence electrons. The van der Waals surface area contributed by atoms with Gasteiger partial charge in [0.15, 0.2) is 0 Å². The summed E-state index contributed by atoms with van der Waals surface area (Å²) in [5.41, 5.74) is 0.743. The summed E-state index contributed by atoms with van der Waals surface area (Å²) in [5, 5.41) is 2.94. The van der Waals surface area contributed by atoms with Crippen molar-refractivity contribution in [2.75, 3.05) is 12.4 Å². The second-order valence-electron chi connectivity index (χ2n) is 4.79. The quantitative estimate of drug-likeness (QED) is 0.626. The Hall–Kier alpha value is -0.290. The number of hydrogen-bond acceptors (Lipinski definition) is 1. The summed E-state index contributed by atoms with van der Waals surface area (Å²) in [6.45, 7) is 4.84. The molecular formula is C13H17ClINO. The van der Waals surface area contributed by atoms with Gasteiger partial charge in [0.1, 0.15) is 0 Å². The third kappa shape index (κ3) is 5.25. The Morgan fingerprint density at radius 2 is 1.94 bits per heavy atom. The van der Waals surface area contributed by atoms with E-state index in [1.54, 1.807) is 0 Å². The zero-order chi connectivity index (χ0) is 12.9. The van der Waals surface area contributed by atoms with Crippen LogP contribution in [0, 0.1) is 8.99 Å². The molecule has 0 saturated carbocycles. The van der Waals surface area contributed by atoms with E-state index in [0.29, 0.717) is 18.0 Å². The minimum atomic E-state index is -0.0240. The van der Waals surface area contributed by atoms with Gasteiger partial charge in [-0.2, -0.15) is 0 Å². The topological polar surface area (TPSA) is 29.1 Å². The molecular weight excluding hydrogens is 349 g/mol. The van der Waals surface area contributed by atoms with E-state index in [9.17, 15) is 4.79 Å². The zero-order valence-electron chi connectivity index (χ0n) is 10.1. The van der Waals surface area contributed by atoms with Crippen molar-refractivity contribution in [3.63, 3.8) is 0 Å². The molecule has 4 heteroatoms. The fourth-order valence-corrected chi connectivity index (χ4v) is 2.24. The first-order valence-corrected chi connectivity index (χ1v) is 7.16. The van der Waals surface area contributed by atoms with Crippen molar-refractivity contribution >= 4 is 40.1 Å². The van der Waals surface area contributed by atoms with Gasteiger partial charge in [-0.15, -0.1) is 11.6 Å². The largest absolute Gasteiger partial charge is 0.352 e. The number of carbonyl (C=O) groups excluding carboxylic acids is 1. The molecule has 0 fully saturated rings. The van der Waals surface area contributed by atoms with Gasteiger partial charge in [0.25, 0.3) is 5.91 Å². The van der Waals surface area contributed by atoms with Gasteiger partial charge in [-0.25, -0.2) is 0 Å². The highest BCUT2D eigenvalue weighted by Gasteiger charge is 2.18. The Morgan fingerprint density at radius 3 is 2.47 bits per heavy atom. The van der Waals surface area contributed by atoms with Crippen molar-refractivity contribution in [2.24, 2.45) is 5.41 Å². The number of rotatable bonds is 5. The monoisotopic (exact) mass is 365 g/mol.